The van der Waals surface area contributed by atoms with E-state index in [2.05, 4.69) is 11.4 Å². The number of hydrogen-bond donors (Lipinski definition) is 1. The van der Waals surface area contributed by atoms with Gasteiger partial charge in [-0.1, -0.05) is 23.9 Å². The zero-order valence-corrected chi connectivity index (χ0v) is 20.3. The molecule has 1 N–H and O–H groups in total. The van der Waals surface area contributed by atoms with Crippen molar-refractivity contribution in [3.63, 3.8) is 0 Å². The minimum Gasteiger partial charge on any atom is -0.497 e. The highest BCUT2D eigenvalue weighted by Gasteiger charge is 2.31. The van der Waals surface area contributed by atoms with Crippen LogP contribution in [-0.4, -0.2) is 35.1 Å². The topological polar surface area (TPSA) is 90.7 Å². The van der Waals surface area contributed by atoms with Crippen LogP contribution in [0.25, 0.3) is 20.9 Å². The number of benzene rings is 2. The number of nitrogens with zero attached hydrogens (tertiary/aromatic N) is 1. The Bertz CT molecular complexity index is 1360. The Labute approximate surface area is 204 Å². The quantitative estimate of drug-likeness (QED) is 0.351. The van der Waals surface area contributed by atoms with Gasteiger partial charge < -0.3 is 13.9 Å². The molecule has 1 fully saturated rings. The first kappa shape index (κ1) is 22.5. The van der Waals surface area contributed by atoms with Crippen LogP contribution >= 0.6 is 23.1 Å². The van der Waals surface area contributed by atoms with E-state index in [4.69, 9.17) is 18.9 Å². The van der Waals surface area contributed by atoms with E-state index >= 15 is 0 Å². The first-order chi connectivity index (χ1) is 16.5. The SMILES string of the molecule is COc1ccc2sc(-c3nc(CCOc4ccc(CC5SC(=O)NC5=O)cc4)c(C)o3)cc2c1. The van der Waals surface area contributed by atoms with Crippen LogP contribution in [0.1, 0.15) is 17.0 Å². The molecule has 7 nitrogen and oxygen atoms in total. The summed E-state index contributed by atoms with van der Waals surface area (Å²) < 4.78 is 18.3. The van der Waals surface area contributed by atoms with Gasteiger partial charge in [-0.25, -0.2) is 4.98 Å². The monoisotopic (exact) mass is 494 g/mol. The van der Waals surface area contributed by atoms with E-state index in [0.29, 0.717) is 25.3 Å². The lowest BCUT2D eigenvalue weighted by Crippen LogP contribution is -2.25. The lowest BCUT2D eigenvalue weighted by molar-refractivity contribution is -0.118. The standard InChI is InChI=1S/C25H22N2O5S2/c1-14-19(26-24(32-14)22-13-16-12-18(30-2)7-8-20(16)33-22)9-10-31-17-5-3-15(4-6-17)11-21-23(28)27-25(29)34-21/h3-8,12-13,21H,9-11H2,1-2H3,(H,27,28,29). The molecule has 1 atom stereocenters. The van der Waals surface area contributed by atoms with Gasteiger partial charge in [0.1, 0.15) is 17.3 Å². The van der Waals surface area contributed by atoms with Crippen LogP contribution in [0.15, 0.2) is 52.9 Å². The van der Waals surface area contributed by atoms with Gasteiger partial charge in [0.15, 0.2) is 0 Å². The Kier molecular flexibility index (Phi) is 6.30. The third-order valence-electron chi connectivity index (χ3n) is 5.55. The molecule has 2 amide bonds. The number of imide groups is 1. The van der Waals surface area contributed by atoms with Crippen molar-refractivity contribution in [2.75, 3.05) is 13.7 Å². The number of oxazole rings is 1. The zero-order valence-electron chi connectivity index (χ0n) is 18.6. The second kappa shape index (κ2) is 9.52. The summed E-state index contributed by atoms with van der Waals surface area (Å²) in [6.07, 6.45) is 1.13. The minimum atomic E-state index is -0.369. The number of carbonyl (C=O) groups excluding carboxylic acids is 2. The lowest BCUT2D eigenvalue weighted by Gasteiger charge is -2.08. The van der Waals surface area contributed by atoms with Gasteiger partial charge in [0, 0.05) is 11.1 Å². The maximum absolute atomic E-state index is 11.7. The van der Waals surface area contributed by atoms with Gasteiger partial charge in [-0.05, 0) is 60.7 Å². The van der Waals surface area contributed by atoms with Gasteiger partial charge in [0.05, 0.1) is 29.5 Å². The molecule has 0 spiro atoms. The van der Waals surface area contributed by atoms with E-state index in [9.17, 15) is 9.59 Å². The molecule has 1 aliphatic rings. The Balaban J connectivity index is 1.18. The van der Waals surface area contributed by atoms with Crippen molar-refractivity contribution in [3.05, 3.63) is 65.5 Å². The smallest absolute Gasteiger partial charge is 0.286 e. The summed E-state index contributed by atoms with van der Waals surface area (Å²) in [6, 6.07) is 15.7. The van der Waals surface area contributed by atoms with Crippen LogP contribution in [-0.2, 0) is 17.6 Å². The molecule has 174 valence electrons. The third-order valence-corrected chi connectivity index (χ3v) is 7.63. The van der Waals surface area contributed by atoms with E-state index in [0.717, 1.165) is 55.2 Å². The van der Waals surface area contributed by atoms with Crippen LogP contribution in [0.4, 0.5) is 4.79 Å². The molecule has 0 saturated carbocycles. The van der Waals surface area contributed by atoms with E-state index in [1.165, 1.54) is 0 Å². The van der Waals surface area contributed by atoms with Gasteiger partial charge in [0.25, 0.3) is 5.24 Å². The molecule has 3 heterocycles. The van der Waals surface area contributed by atoms with E-state index in [-0.39, 0.29) is 16.4 Å². The van der Waals surface area contributed by atoms with Crippen molar-refractivity contribution >= 4 is 44.3 Å². The number of amides is 2. The Morgan fingerprint density at radius 2 is 1.88 bits per heavy atom. The summed E-state index contributed by atoms with van der Waals surface area (Å²) in [4.78, 5) is 28.7. The molecule has 4 aromatic rings. The second-order valence-corrected chi connectivity index (χ2v) is 10.1. The van der Waals surface area contributed by atoms with Crippen molar-refractivity contribution < 1.29 is 23.5 Å². The fraction of sp³-hybridized carbons (Fsp3) is 0.240. The van der Waals surface area contributed by atoms with Crippen molar-refractivity contribution in [1.82, 2.24) is 10.3 Å². The van der Waals surface area contributed by atoms with E-state index in [1.54, 1.807) is 18.4 Å². The first-order valence-corrected chi connectivity index (χ1v) is 12.5. The van der Waals surface area contributed by atoms with Crippen LogP contribution in [0.5, 0.6) is 11.5 Å². The van der Waals surface area contributed by atoms with Crippen LogP contribution in [0.3, 0.4) is 0 Å². The Morgan fingerprint density at radius 3 is 2.62 bits per heavy atom. The molecule has 1 saturated heterocycles. The number of aromatic nitrogens is 1. The molecule has 2 aromatic carbocycles. The average molecular weight is 495 g/mol. The Hall–Kier alpha value is -3.30. The average Bonchev–Trinajstić information content (AvgIpc) is 3.51. The molecule has 0 radical (unpaired) electrons. The van der Waals surface area contributed by atoms with Crippen LogP contribution < -0.4 is 14.8 Å². The van der Waals surface area contributed by atoms with Gasteiger partial charge in [-0.15, -0.1) is 11.3 Å². The minimum absolute atomic E-state index is 0.229. The van der Waals surface area contributed by atoms with Crippen LogP contribution in [0.2, 0.25) is 0 Å². The number of nitrogens with one attached hydrogen (secondary N) is 1. The molecule has 5 rings (SSSR count). The summed E-state index contributed by atoms with van der Waals surface area (Å²) in [5.74, 6) is 2.73. The predicted molar refractivity (Wildman–Crippen MR) is 133 cm³/mol. The molecule has 2 aromatic heterocycles. The van der Waals surface area contributed by atoms with Crippen molar-refractivity contribution in [2.24, 2.45) is 0 Å². The molecule has 9 heteroatoms. The van der Waals surface area contributed by atoms with Gasteiger partial charge in [0.2, 0.25) is 11.8 Å². The van der Waals surface area contributed by atoms with Gasteiger partial charge in [-0.3, -0.25) is 14.9 Å². The molecule has 1 unspecified atom stereocenters. The number of aryl methyl sites for hydroxylation is 1. The normalized spacial score (nSPS) is 15.6. The molecule has 0 bridgehead atoms. The number of carbonyl (C=O) groups is 2. The fourth-order valence-corrected chi connectivity index (χ4v) is 5.58. The maximum atomic E-state index is 11.7. The highest BCUT2D eigenvalue weighted by molar-refractivity contribution is 8.15. The van der Waals surface area contributed by atoms with E-state index < -0.39 is 0 Å². The highest BCUT2D eigenvalue weighted by Crippen LogP contribution is 2.35. The summed E-state index contributed by atoms with van der Waals surface area (Å²) in [6.45, 7) is 2.38. The number of rotatable bonds is 8. The van der Waals surface area contributed by atoms with E-state index in [1.807, 2.05) is 49.4 Å². The first-order valence-electron chi connectivity index (χ1n) is 10.8. The maximum Gasteiger partial charge on any atom is 0.286 e. The van der Waals surface area contributed by atoms with Crippen molar-refractivity contribution in [3.8, 4) is 22.3 Å². The number of ether oxygens (including phenoxy) is 2. The fourth-order valence-electron chi connectivity index (χ4n) is 3.75. The summed E-state index contributed by atoms with van der Waals surface area (Å²) in [5.41, 5.74) is 1.85. The molecule has 34 heavy (non-hydrogen) atoms. The number of hydrogen-bond acceptors (Lipinski definition) is 8. The zero-order chi connectivity index (χ0) is 23.7. The number of methoxy groups -OCH3 is 1. The van der Waals surface area contributed by atoms with Gasteiger partial charge >= 0.3 is 0 Å². The summed E-state index contributed by atoms with van der Waals surface area (Å²) >= 11 is 2.67. The third kappa shape index (κ3) is 4.80. The molecular weight excluding hydrogens is 472 g/mol. The molecule has 0 aliphatic carbocycles. The lowest BCUT2D eigenvalue weighted by atomic mass is 10.1. The van der Waals surface area contributed by atoms with Gasteiger partial charge in [-0.2, -0.15) is 0 Å². The summed E-state index contributed by atoms with van der Waals surface area (Å²) in [5, 5.41) is 2.76. The number of fused-ring (bicyclic) bond motifs is 1. The van der Waals surface area contributed by atoms with Crippen molar-refractivity contribution in [1.29, 1.82) is 0 Å². The molecule has 1 aliphatic heterocycles. The Morgan fingerprint density at radius 1 is 1.09 bits per heavy atom. The predicted octanol–water partition coefficient (Wildman–Crippen LogP) is 5.39. The number of thioether (sulfide) groups is 1. The largest absolute Gasteiger partial charge is 0.497 e. The second-order valence-electron chi connectivity index (χ2n) is 7.87. The van der Waals surface area contributed by atoms with Crippen molar-refractivity contribution in [2.45, 2.75) is 25.0 Å². The molecular formula is C25H22N2O5S2. The summed E-state index contributed by atoms with van der Waals surface area (Å²) in [7, 11) is 1.66. The van der Waals surface area contributed by atoms with Crippen LogP contribution in [0, 0.1) is 6.92 Å². The highest BCUT2D eigenvalue weighted by atomic mass is 32.2. The number of thiophene rings is 1.